The summed E-state index contributed by atoms with van der Waals surface area (Å²) in [6, 6.07) is 7.34. The van der Waals surface area contributed by atoms with Gasteiger partial charge in [0.05, 0.1) is 12.2 Å². The summed E-state index contributed by atoms with van der Waals surface area (Å²) < 4.78 is 41.9. The third-order valence-electron chi connectivity index (χ3n) is 4.01. The predicted molar refractivity (Wildman–Crippen MR) is 80.2 cm³/mol. The summed E-state index contributed by atoms with van der Waals surface area (Å²) in [6.07, 6.45) is 3.03. The Morgan fingerprint density at radius 1 is 1.27 bits per heavy atom. The molecule has 1 aromatic heterocycles. The van der Waals surface area contributed by atoms with Gasteiger partial charge < -0.3 is 0 Å². The second-order valence-corrected chi connectivity index (χ2v) is 7.15. The molecule has 0 bridgehead atoms. The average Bonchev–Trinajstić information content (AvgIpc) is 3.17. The van der Waals surface area contributed by atoms with Crippen LogP contribution in [-0.2, 0) is 16.6 Å². The lowest BCUT2D eigenvalue weighted by Crippen LogP contribution is -2.32. The summed E-state index contributed by atoms with van der Waals surface area (Å²) in [5.74, 6) is -0.319. The van der Waals surface area contributed by atoms with Crippen LogP contribution in [-0.4, -0.2) is 29.0 Å². The summed E-state index contributed by atoms with van der Waals surface area (Å²) in [5, 5.41) is 4.26. The van der Waals surface area contributed by atoms with Crippen LogP contribution in [0.5, 0.6) is 0 Å². The highest BCUT2D eigenvalue weighted by Gasteiger charge is 2.37. The maximum atomic E-state index is 13.1. The van der Waals surface area contributed by atoms with Gasteiger partial charge in [0.1, 0.15) is 5.82 Å². The Labute approximate surface area is 129 Å². The van der Waals surface area contributed by atoms with Crippen LogP contribution in [0.3, 0.4) is 0 Å². The minimum absolute atomic E-state index is 0.212. The van der Waals surface area contributed by atoms with E-state index < -0.39 is 10.0 Å². The van der Waals surface area contributed by atoms with Crippen molar-refractivity contribution in [2.75, 3.05) is 6.54 Å². The van der Waals surface area contributed by atoms with E-state index in [2.05, 4.69) is 5.10 Å². The molecule has 1 fully saturated rings. The van der Waals surface area contributed by atoms with Crippen LogP contribution in [0.1, 0.15) is 31.4 Å². The molecule has 1 saturated heterocycles. The van der Waals surface area contributed by atoms with Crippen molar-refractivity contribution in [2.24, 2.45) is 0 Å². The van der Waals surface area contributed by atoms with Gasteiger partial charge in [0.2, 0.25) is 0 Å². The third-order valence-corrected chi connectivity index (χ3v) is 5.94. The summed E-state index contributed by atoms with van der Waals surface area (Å²) in [4.78, 5) is 0. The van der Waals surface area contributed by atoms with Crippen molar-refractivity contribution in [3.8, 4) is 0 Å². The van der Waals surface area contributed by atoms with Crippen LogP contribution < -0.4 is 0 Å². The van der Waals surface area contributed by atoms with Crippen LogP contribution in [0.15, 0.2) is 41.6 Å². The van der Waals surface area contributed by atoms with E-state index in [4.69, 9.17) is 0 Å². The molecule has 1 atom stereocenters. The topological polar surface area (TPSA) is 55.2 Å². The second-order valence-electron chi connectivity index (χ2n) is 5.31. The third kappa shape index (κ3) is 2.55. The Kier molecular flexibility index (Phi) is 4.01. The van der Waals surface area contributed by atoms with Crippen molar-refractivity contribution in [3.63, 3.8) is 0 Å². The van der Waals surface area contributed by atoms with E-state index in [-0.39, 0.29) is 16.9 Å². The number of rotatable bonds is 4. The van der Waals surface area contributed by atoms with Gasteiger partial charge in [-0.3, -0.25) is 4.68 Å². The van der Waals surface area contributed by atoms with Gasteiger partial charge >= 0.3 is 0 Å². The smallest absolute Gasteiger partial charge is 0.253 e. The van der Waals surface area contributed by atoms with Crippen molar-refractivity contribution < 1.29 is 12.8 Å². The fraction of sp³-hybridized carbons (Fsp3) is 0.400. The summed E-state index contributed by atoms with van der Waals surface area (Å²) in [7, 11) is -3.61. The number of aromatic nitrogens is 2. The first-order valence-corrected chi connectivity index (χ1v) is 8.77. The number of hydrogen-bond donors (Lipinski definition) is 0. The maximum Gasteiger partial charge on any atom is 0.260 e. The molecule has 0 aliphatic carbocycles. The quantitative estimate of drug-likeness (QED) is 0.869. The first kappa shape index (κ1) is 15.2. The number of halogens is 1. The molecule has 3 rings (SSSR count). The monoisotopic (exact) mass is 323 g/mol. The minimum Gasteiger partial charge on any atom is -0.253 e. The number of aryl methyl sites for hydroxylation is 1. The Hall–Kier alpha value is -1.73. The van der Waals surface area contributed by atoms with Crippen LogP contribution in [0.2, 0.25) is 0 Å². The predicted octanol–water partition coefficient (Wildman–Crippen LogP) is 2.57. The number of hydrogen-bond acceptors (Lipinski definition) is 3. The van der Waals surface area contributed by atoms with E-state index in [1.807, 2.05) is 6.92 Å². The summed E-state index contributed by atoms with van der Waals surface area (Å²) in [6.45, 7) is 2.82. The maximum absolute atomic E-state index is 13.1. The molecule has 5 nitrogen and oxygen atoms in total. The largest absolute Gasteiger partial charge is 0.260 e. The van der Waals surface area contributed by atoms with Crippen LogP contribution >= 0.6 is 0 Å². The molecule has 2 heterocycles. The second kappa shape index (κ2) is 5.81. The molecule has 0 radical (unpaired) electrons. The van der Waals surface area contributed by atoms with Crippen molar-refractivity contribution in [3.05, 3.63) is 47.9 Å². The number of nitrogens with zero attached hydrogens (tertiary/aromatic N) is 3. The van der Waals surface area contributed by atoms with Gasteiger partial charge in [-0.25, -0.2) is 12.8 Å². The van der Waals surface area contributed by atoms with E-state index in [0.717, 1.165) is 18.4 Å². The van der Waals surface area contributed by atoms with E-state index in [0.29, 0.717) is 13.1 Å². The fourth-order valence-electron chi connectivity index (χ4n) is 2.94. The van der Waals surface area contributed by atoms with Gasteiger partial charge in [0.25, 0.3) is 10.0 Å². The molecule has 7 heteroatoms. The lowest BCUT2D eigenvalue weighted by atomic mass is 10.1. The summed E-state index contributed by atoms with van der Waals surface area (Å²) in [5.41, 5.74) is 0.824. The van der Waals surface area contributed by atoms with Crippen molar-refractivity contribution >= 4 is 10.0 Å². The molecule has 0 spiro atoms. The zero-order valence-corrected chi connectivity index (χ0v) is 13.1. The Morgan fingerprint density at radius 3 is 2.68 bits per heavy atom. The van der Waals surface area contributed by atoms with Gasteiger partial charge in [-0.05, 0) is 43.5 Å². The van der Waals surface area contributed by atoms with E-state index >= 15 is 0 Å². The average molecular weight is 323 g/mol. The highest BCUT2D eigenvalue weighted by molar-refractivity contribution is 7.89. The highest BCUT2D eigenvalue weighted by atomic mass is 32.2. The molecule has 118 valence electrons. The van der Waals surface area contributed by atoms with E-state index in [9.17, 15) is 12.8 Å². The Morgan fingerprint density at radius 2 is 2.00 bits per heavy atom. The van der Waals surface area contributed by atoms with Gasteiger partial charge in [-0.1, -0.05) is 12.1 Å². The molecule has 1 unspecified atom stereocenters. The molecule has 1 aliphatic heterocycles. The van der Waals surface area contributed by atoms with E-state index in [1.165, 1.54) is 33.4 Å². The lowest BCUT2D eigenvalue weighted by Gasteiger charge is -2.24. The van der Waals surface area contributed by atoms with Crippen LogP contribution in [0.4, 0.5) is 4.39 Å². The SMILES string of the molecule is CCn1nccc1S(=O)(=O)N1CCCC1c1ccc(F)cc1. The van der Waals surface area contributed by atoms with Crippen molar-refractivity contribution in [1.29, 1.82) is 0 Å². The molecular weight excluding hydrogens is 305 g/mol. The molecule has 0 N–H and O–H groups in total. The molecule has 0 saturated carbocycles. The molecule has 0 amide bonds. The van der Waals surface area contributed by atoms with E-state index in [1.54, 1.807) is 12.1 Å². The van der Waals surface area contributed by atoms with Gasteiger partial charge in [-0.2, -0.15) is 9.40 Å². The lowest BCUT2D eigenvalue weighted by molar-refractivity contribution is 0.389. The number of sulfonamides is 1. The van der Waals surface area contributed by atoms with Crippen LogP contribution in [0, 0.1) is 5.82 Å². The standard InChI is InChI=1S/C15H18FN3O2S/c1-2-18-15(9-10-17-18)22(20,21)19-11-3-4-14(19)12-5-7-13(16)8-6-12/h5-10,14H,2-4,11H2,1H3. The first-order valence-electron chi connectivity index (χ1n) is 7.33. The Balaban J connectivity index is 1.97. The molecule has 2 aromatic rings. The molecule has 1 aromatic carbocycles. The normalized spacial score (nSPS) is 19.6. The molecular formula is C15H18FN3O2S. The summed E-state index contributed by atoms with van der Waals surface area (Å²) >= 11 is 0. The number of benzene rings is 1. The molecule has 22 heavy (non-hydrogen) atoms. The van der Waals surface area contributed by atoms with Gasteiger partial charge in [0.15, 0.2) is 5.03 Å². The molecule has 1 aliphatic rings. The van der Waals surface area contributed by atoms with Crippen LogP contribution in [0.25, 0.3) is 0 Å². The van der Waals surface area contributed by atoms with Crippen molar-refractivity contribution in [1.82, 2.24) is 14.1 Å². The zero-order valence-electron chi connectivity index (χ0n) is 12.3. The highest BCUT2D eigenvalue weighted by Crippen LogP contribution is 2.36. The van der Waals surface area contributed by atoms with Gasteiger partial charge in [0, 0.05) is 13.1 Å². The van der Waals surface area contributed by atoms with Gasteiger partial charge in [-0.15, -0.1) is 0 Å². The zero-order chi connectivity index (χ0) is 15.7. The minimum atomic E-state index is -3.61. The first-order chi connectivity index (χ1) is 10.5. The fourth-order valence-corrected chi connectivity index (χ4v) is 4.79. The van der Waals surface area contributed by atoms with Crippen molar-refractivity contribution in [2.45, 2.75) is 37.4 Å². The Bertz CT molecular complexity index is 755.